The van der Waals surface area contributed by atoms with Crippen molar-refractivity contribution in [1.82, 2.24) is 0 Å². The molecule has 0 fully saturated rings. The number of allylic oxidation sites excluding steroid dienone is 3. The molecule has 0 bridgehead atoms. The number of nitrogens with two attached hydrogens (primary N) is 2. The molecule has 0 aliphatic carbocycles. The van der Waals surface area contributed by atoms with E-state index in [1.54, 1.807) is 12.1 Å². The zero-order valence-corrected chi connectivity index (χ0v) is 11.5. The van der Waals surface area contributed by atoms with Crippen molar-refractivity contribution in [2.45, 2.75) is 0 Å². The number of carbonyl (C=O) groups is 1. The van der Waals surface area contributed by atoms with Crippen LogP contribution in [-0.4, -0.2) is 10.3 Å². The van der Waals surface area contributed by atoms with Gasteiger partial charge in [0.15, 0.2) is 0 Å². The number of primary amides is 1. The van der Waals surface area contributed by atoms with Crippen molar-refractivity contribution < 1.29 is 24.1 Å². The van der Waals surface area contributed by atoms with E-state index in [0.29, 0.717) is 10.6 Å². The molecule has 0 atom stereocenters. The summed E-state index contributed by atoms with van der Waals surface area (Å²) in [5.41, 5.74) is 12.2. The minimum absolute atomic E-state index is 0.370. The van der Waals surface area contributed by atoms with Gasteiger partial charge in [0.1, 0.15) is 0 Å². The monoisotopic (exact) mass is 389 g/mol. The normalized spacial score (nSPS) is 11.1. The van der Waals surface area contributed by atoms with Crippen LogP contribution in [0.3, 0.4) is 0 Å². The molecule has 78 valence electrons. The zero-order chi connectivity index (χ0) is 11.4. The summed E-state index contributed by atoms with van der Waals surface area (Å²) in [6.07, 6.45) is 3.22. The van der Waals surface area contributed by atoms with Crippen molar-refractivity contribution in [3.63, 3.8) is 0 Å². The molecular weight excluding hydrogens is 380 g/mol. The molecule has 5 heteroatoms. The topological polar surface area (TPSA) is 69.1 Å². The first-order valence-electron chi connectivity index (χ1n) is 4.00. The van der Waals surface area contributed by atoms with Gasteiger partial charge in [-0.1, -0.05) is 0 Å². The fraction of sp³-hybridized carbons (Fsp3) is 0. The van der Waals surface area contributed by atoms with Crippen LogP contribution in [0.5, 0.6) is 0 Å². The molecule has 1 aromatic rings. The number of rotatable bonds is 4. The van der Waals surface area contributed by atoms with Gasteiger partial charge in [-0.25, -0.2) is 0 Å². The molecule has 0 aromatic carbocycles. The molecule has 4 N–H and O–H groups in total. The quantitative estimate of drug-likeness (QED) is 0.600. The summed E-state index contributed by atoms with van der Waals surface area (Å²) in [4.78, 5) is 11.9. The van der Waals surface area contributed by atoms with Crippen molar-refractivity contribution in [3.05, 3.63) is 35.2 Å². The number of hydrogen-bond donors (Lipinski definition) is 2. The fourth-order valence-corrected chi connectivity index (χ4v) is 2.99. The van der Waals surface area contributed by atoms with Crippen molar-refractivity contribution in [1.29, 1.82) is 0 Å². The van der Waals surface area contributed by atoms with E-state index in [-0.39, 0.29) is 0 Å². The maximum absolute atomic E-state index is 11.0. The van der Waals surface area contributed by atoms with Gasteiger partial charge in [-0.15, -0.1) is 0 Å². The molecule has 15 heavy (non-hydrogen) atoms. The Morgan fingerprint density at radius 3 is 2.67 bits per heavy atom. The Labute approximate surface area is 103 Å². The molecule has 0 radical (unpaired) electrons. The third kappa shape index (κ3) is 2.73. The summed E-state index contributed by atoms with van der Waals surface area (Å²) in [5.74, 6) is -0.505. The summed E-state index contributed by atoms with van der Waals surface area (Å²) in [5, 5.41) is 0.442. The van der Waals surface area contributed by atoms with Crippen molar-refractivity contribution >= 4 is 32.2 Å². The van der Waals surface area contributed by atoms with Crippen LogP contribution in [0.25, 0.3) is 5.57 Å². The van der Waals surface area contributed by atoms with Gasteiger partial charge in [0.2, 0.25) is 0 Å². The predicted molar refractivity (Wildman–Crippen MR) is 60.2 cm³/mol. The van der Waals surface area contributed by atoms with Crippen molar-refractivity contribution in [2.75, 3.05) is 5.73 Å². The maximum atomic E-state index is 11.0. The Kier molecular flexibility index (Phi) is 4.18. The van der Waals surface area contributed by atoms with Gasteiger partial charge in [-0.3, -0.25) is 0 Å². The second-order valence-electron chi connectivity index (χ2n) is 2.69. The molecule has 1 amide bonds. The molecule has 3 nitrogen and oxygen atoms in total. The molecule has 1 aromatic heterocycles. The van der Waals surface area contributed by atoms with Crippen LogP contribution in [0.1, 0.15) is 15.2 Å². The van der Waals surface area contributed by atoms with Gasteiger partial charge in [0.05, 0.1) is 0 Å². The van der Waals surface area contributed by atoms with Crippen LogP contribution < -0.4 is 11.5 Å². The van der Waals surface area contributed by atoms with Crippen LogP contribution in [0.4, 0.5) is 5.00 Å². The van der Waals surface area contributed by atoms with Crippen LogP contribution in [0.2, 0.25) is 0 Å². The Bertz CT molecular complexity index is 448. The van der Waals surface area contributed by atoms with E-state index in [4.69, 9.17) is 18.0 Å². The second-order valence-corrected chi connectivity index (χ2v) is 4.62. The fourth-order valence-electron chi connectivity index (χ4n) is 1.02. The summed E-state index contributed by atoms with van der Waals surface area (Å²) < 4.78 is 1.97. The first kappa shape index (κ1) is 12.1. The van der Waals surface area contributed by atoms with E-state index < -0.39 is 5.91 Å². The molecule has 0 spiro atoms. The van der Waals surface area contributed by atoms with Gasteiger partial charge in [0, 0.05) is 0 Å². The van der Waals surface area contributed by atoms with Crippen LogP contribution in [-0.2, 0) is 19.4 Å². The molecule has 0 aliphatic heterocycles. The van der Waals surface area contributed by atoms with Gasteiger partial charge in [-0.2, -0.15) is 0 Å². The molecule has 0 aliphatic rings. The summed E-state index contributed by atoms with van der Waals surface area (Å²) >= 11 is 2.63. The number of carbonyl (C=O) groups excluding carboxylic acids is 1. The van der Waals surface area contributed by atoms with Gasteiger partial charge in [-0.05, 0) is 0 Å². The third-order valence-electron chi connectivity index (χ3n) is 1.71. The molecule has 1 rings (SSSR count). The predicted octanol–water partition coefficient (Wildman–Crippen LogP) is 1.15. The molecule has 0 unspecified atom stereocenters. The van der Waals surface area contributed by atoms with Gasteiger partial charge in [0.25, 0.3) is 0 Å². The summed E-state index contributed by atoms with van der Waals surface area (Å²) in [6, 6.07) is 1.69. The third-order valence-corrected chi connectivity index (χ3v) is 3.64. The molecule has 0 saturated carbocycles. The van der Waals surface area contributed by atoms with E-state index in [0.717, 1.165) is 10.5 Å². The molecule has 0 saturated heterocycles. The Hall–Kier alpha value is -0.992. The number of anilines is 1. The van der Waals surface area contributed by atoms with E-state index in [2.05, 4.69) is 0 Å². The number of thiophene rings is 1. The van der Waals surface area contributed by atoms with E-state index >= 15 is 0 Å². The number of nitrogen functional groups attached to an aromatic ring is 1. The minimum atomic E-state index is -0.505. The van der Waals surface area contributed by atoms with Crippen LogP contribution in [0, 0.1) is 6.58 Å². The van der Waals surface area contributed by atoms with Crippen molar-refractivity contribution in [3.8, 4) is 0 Å². The average Bonchev–Trinajstić information content (AvgIpc) is 2.56. The van der Waals surface area contributed by atoms with Crippen molar-refractivity contribution in [2.24, 2.45) is 5.73 Å². The second kappa shape index (κ2) is 5.19. The standard InChI is InChI=1S/C10H9N2OS.W/c1-3-4-6(2)8-5-7(9(11)13)10(12)14-8;/h1-5H,12H2,(H2,11,13);/q-1;/b6-4+;. The summed E-state index contributed by atoms with van der Waals surface area (Å²) in [6.45, 7) is 5.32. The van der Waals surface area contributed by atoms with Gasteiger partial charge < -0.3 is 0 Å². The van der Waals surface area contributed by atoms with Gasteiger partial charge >= 0.3 is 103 Å². The van der Waals surface area contributed by atoms with Crippen LogP contribution >= 0.6 is 11.3 Å². The summed E-state index contributed by atoms with van der Waals surface area (Å²) in [7, 11) is 0. The van der Waals surface area contributed by atoms with E-state index in [9.17, 15) is 4.79 Å². The van der Waals surface area contributed by atoms with Crippen LogP contribution in [0.15, 0.2) is 18.2 Å². The number of amides is 1. The first-order valence-corrected chi connectivity index (χ1v) is 6.51. The first-order chi connectivity index (χ1) is 7.10. The van der Waals surface area contributed by atoms with E-state index in [1.807, 2.05) is 4.40 Å². The SMILES string of the molecule is [CH-]=C/C=C(\[CH]=[W])c1cc(C(N)=O)c(N)s1. The Morgan fingerprint density at radius 2 is 2.27 bits per heavy atom. The Balaban J connectivity index is 3.22. The molecular formula is C10H9N2OSW-. The Morgan fingerprint density at radius 1 is 1.60 bits per heavy atom. The molecule has 1 heterocycles. The zero-order valence-electron chi connectivity index (χ0n) is 7.77. The average molecular weight is 389 g/mol. The number of hydrogen-bond acceptors (Lipinski definition) is 3. The van der Waals surface area contributed by atoms with E-state index in [1.165, 1.54) is 36.8 Å².